The number of amides is 4. The summed E-state index contributed by atoms with van der Waals surface area (Å²) in [5.74, 6) is -7.66. The average Bonchev–Trinajstić information content (AvgIpc) is 3.35. The van der Waals surface area contributed by atoms with Crippen molar-refractivity contribution in [2.75, 3.05) is 29.3 Å². The number of alkyl halides is 3. The molecule has 2 saturated heterocycles. The van der Waals surface area contributed by atoms with Crippen LogP contribution in [0.25, 0.3) is 0 Å². The first-order valence-electron chi connectivity index (χ1n) is 14.3. The van der Waals surface area contributed by atoms with Gasteiger partial charge in [0.05, 0.1) is 32.8 Å². The van der Waals surface area contributed by atoms with E-state index in [-0.39, 0.29) is 41.0 Å². The minimum atomic E-state index is -2.12. The van der Waals surface area contributed by atoms with Crippen molar-refractivity contribution in [1.29, 1.82) is 0 Å². The maximum Gasteiger partial charge on any atom is 0.301 e. The Hall–Kier alpha value is -4.08. The molecule has 4 amide bonds. The SMILES string of the molecule is Cc1cccc([C@H]2C3=CC[C@@H]4C(=O)N(c5cc([N+](=O)[O-])c(N(C)C)c([N+](=O)[O-])c5)C(=O)[C@@H]4[C@@H]3C[C@@]3(Cl)C(=O)N(CBr)C(=O)[C@@]23Cl)c1O. The van der Waals surface area contributed by atoms with Crippen molar-refractivity contribution < 1.29 is 34.1 Å². The van der Waals surface area contributed by atoms with Gasteiger partial charge in [-0.2, -0.15) is 0 Å². The number of allylic oxidation sites excluding steroid dienone is 2. The summed E-state index contributed by atoms with van der Waals surface area (Å²) in [5, 5.41) is 35.3. The number of benzene rings is 2. The van der Waals surface area contributed by atoms with Crippen LogP contribution >= 0.6 is 39.1 Å². The predicted molar refractivity (Wildman–Crippen MR) is 173 cm³/mol. The molecule has 2 aliphatic heterocycles. The standard InChI is InChI=1S/C30H26BrCl2N5O9/c1-13-5-4-6-17(24(13)39)22-15-7-8-16-21(18(15)11-29(32)27(42)35(12-31)28(43)30(22,29)33)26(41)36(25(16)40)14-9-19(37(44)45)23(34(2)3)20(10-14)38(46)47/h4-7,9-10,16,18,21-22,39H,8,11-12H2,1-3H3/t16-,18+,21-,22+,29+,30-/m0/s1. The lowest BCUT2D eigenvalue weighted by atomic mass is 9.56. The van der Waals surface area contributed by atoms with Crippen LogP contribution in [0.5, 0.6) is 5.75 Å². The molecule has 1 N–H and O–H groups in total. The minimum absolute atomic E-state index is 0.0207. The molecule has 2 aromatic carbocycles. The summed E-state index contributed by atoms with van der Waals surface area (Å²) in [4.78, 5) is 76.9. The van der Waals surface area contributed by atoms with E-state index in [0.29, 0.717) is 16.0 Å². The zero-order valence-corrected chi connectivity index (χ0v) is 28.1. The second kappa shape index (κ2) is 11.0. The summed E-state index contributed by atoms with van der Waals surface area (Å²) in [7, 11) is 2.78. The largest absolute Gasteiger partial charge is 0.507 e. The fourth-order valence-electron chi connectivity index (χ4n) is 7.72. The summed E-state index contributed by atoms with van der Waals surface area (Å²) < 4.78 is 0. The maximum atomic E-state index is 14.3. The fourth-order valence-corrected chi connectivity index (χ4v) is 9.14. The van der Waals surface area contributed by atoms with E-state index < -0.39 is 78.3 Å². The molecule has 47 heavy (non-hydrogen) atoms. The topological polar surface area (TPSA) is 185 Å². The van der Waals surface area contributed by atoms with Crippen LogP contribution in [-0.2, 0) is 19.2 Å². The normalized spacial score (nSPS) is 29.8. The molecule has 0 spiro atoms. The summed E-state index contributed by atoms with van der Waals surface area (Å²) in [6.07, 6.45) is 1.32. The highest BCUT2D eigenvalue weighted by atomic mass is 79.9. The van der Waals surface area contributed by atoms with Crippen LogP contribution in [0, 0.1) is 44.9 Å². The molecular weight excluding hydrogens is 725 g/mol. The number of anilines is 2. The number of hydrogen-bond donors (Lipinski definition) is 1. The number of carbonyl (C=O) groups excluding carboxylic acids is 4. The Bertz CT molecular complexity index is 1840. The zero-order chi connectivity index (χ0) is 34.5. The zero-order valence-electron chi connectivity index (χ0n) is 25.0. The van der Waals surface area contributed by atoms with E-state index in [4.69, 9.17) is 23.2 Å². The molecule has 0 bridgehead atoms. The lowest BCUT2D eigenvalue weighted by Gasteiger charge is -2.50. The van der Waals surface area contributed by atoms with Crippen molar-refractivity contribution in [3.05, 3.63) is 73.3 Å². The summed E-state index contributed by atoms with van der Waals surface area (Å²) in [5.41, 5.74) is -1.17. The number of likely N-dealkylation sites (tertiary alicyclic amines) is 1. The van der Waals surface area contributed by atoms with Crippen LogP contribution in [0.15, 0.2) is 42.0 Å². The Kier molecular flexibility index (Phi) is 7.68. The molecule has 6 atom stereocenters. The third-order valence-electron chi connectivity index (χ3n) is 9.75. The Labute approximate surface area is 285 Å². The number of nitro benzene ring substituents is 2. The Morgan fingerprint density at radius 2 is 1.64 bits per heavy atom. The first-order valence-corrected chi connectivity index (χ1v) is 16.2. The smallest absolute Gasteiger partial charge is 0.301 e. The number of carbonyl (C=O) groups is 4. The van der Waals surface area contributed by atoms with E-state index in [1.54, 1.807) is 31.2 Å². The van der Waals surface area contributed by atoms with Crippen LogP contribution in [0.1, 0.15) is 29.9 Å². The molecule has 2 aromatic rings. The molecule has 0 radical (unpaired) electrons. The Morgan fingerprint density at radius 3 is 2.19 bits per heavy atom. The maximum absolute atomic E-state index is 14.3. The number of hydrogen-bond acceptors (Lipinski definition) is 10. The molecule has 2 heterocycles. The van der Waals surface area contributed by atoms with E-state index in [2.05, 4.69) is 15.9 Å². The van der Waals surface area contributed by atoms with Gasteiger partial charge in [0.15, 0.2) is 15.4 Å². The van der Waals surface area contributed by atoms with E-state index >= 15 is 0 Å². The third-order valence-corrected chi connectivity index (χ3v) is 11.7. The number of aryl methyl sites for hydroxylation is 1. The van der Waals surface area contributed by atoms with Gasteiger partial charge in [-0.15, -0.1) is 23.2 Å². The van der Waals surface area contributed by atoms with Gasteiger partial charge in [-0.25, -0.2) is 4.90 Å². The Balaban J connectivity index is 1.53. The molecular formula is C30H26BrCl2N5O9. The minimum Gasteiger partial charge on any atom is -0.507 e. The number of nitrogens with zero attached hydrogens (tertiary/aromatic N) is 5. The number of fused-ring (bicyclic) bond motifs is 4. The van der Waals surface area contributed by atoms with E-state index in [1.807, 2.05) is 0 Å². The molecule has 1 saturated carbocycles. The average molecular weight is 751 g/mol. The van der Waals surface area contributed by atoms with Crippen LogP contribution in [-0.4, -0.2) is 72.8 Å². The number of phenolic OH excluding ortho intramolecular Hbond substituents is 1. The molecule has 14 nitrogen and oxygen atoms in total. The number of phenols is 1. The fraction of sp³-hybridized carbons (Fsp3) is 0.400. The molecule has 246 valence electrons. The summed E-state index contributed by atoms with van der Waals surface area (Å²) in [6.45, 7) is 1.64. The van der Waals surface area contributed by atoms with Crippen LogP contribution in [0.2, 0.25) is 0 Å². The predicted octanol–water partition coefficient (Wildman–Crippen LogP) is 4.50. The van der Waals surface area contributed by atoms with Gasteiger partial charge in [0.2, 0.25) is 11.8 Å². The van der Waals surface area contributed by atoms with Gasteiger partial charge in [-0.1, -0.05) is 45.8 Å². The van der Waals surface area contributed by atoms with Gasteiger partial charge in [0.1, 0.15) is 5.75 Å². The van der Waals surface area contributed by atoms with E-state index in [0.717, 1.165) is 17.0 Å². The van der Waals surface area contributed by atoms with Gasteiger partial charge < -0.3 is 10.0 Å². The number of aromatic hydroxyl groups is 1. The lowest BCUT2D eigenvalue weighted by Crippen LogP contribution is -2.60. The van der Waals surface area contributed by atoms with Crippen LogP contribution in [0.4, 0.5) is 22.7 Å². The van der Waals surface area contributed by atoms with Crippen molar-refractivity contribution in [2.24, 2.45) is 17.8 Å². The molecule has 3 fully saturated rings. The second-order valence-corrected chi connectivity index (χ2v) is 14.0. The van der Waals surface area contributed by atoms with Crippen molar-refractivity contribution in [1.82, 2.24) is 4.90 Å². The van der Waals surface area contributed by atoms with Crippen LogP contribution < -0.4 is 9.80 Å². The van der Waals surface area contributed by atoms with E-state index in [1.165, 1.54) is 19.0 Å². The molecule has 6 rings (SSSR count). The van der Waals surface area contributed by atoms with Crippen molar-refractivity contribution in [3.63, 3.8) is 0 Å². The van der Waals surface area contributed by atoms with Gasteiger partial charge in [-0.3, -0.25) is 44.3 Å². The molecule has 2 aliphatic carbocycles. The molecule has 0 unspecified atom stereocenters. The number of para-hydroxylation sites is 1. The molecule has 0 aromatic heterocycles. The first-order chi connectivity index (χ1) is 22.0. The first kappa shape index (κ1) is 32.8. The van der Waals surface area contributed by atoms with Gasteiger partial charge in [0.25, 0.3) is 11.8 Å². The molecule has 17 heteroatoms. The van der Waals surface area contributed by atoms with E-state index in [9.17, 15) is 44.5 Å². The highest BCUT2D eigenvalue weighted by Crippen LogP contribution is 2.66. The lowest BCUT2D eigenvalue weighted by molar-refractivity contribution is -0.392. The number of imide groups is 2. The third kappa shape index (κ3) is 4.28. The van der Waals surface area contributed by atoms with Gasteiger partial charge in [0, 0.05) is 37.7 Å². The second-order valence-electron chi connectivity index (χ2n) is 12.3. The summed E-state index contributed by atoms with van der Waals surface area (Å²) >= 11 is 17.5. The van der Waals surface area contributed by atoms with Gasteiger partial charge >= 0.3 is 11.4 Å². The van der Waals surface area contributed by atoms with Crippen molar-refractivity contribution in [2.45, 2.75) is 35.4 Å². The highest BCUT2D eigenvalue weighted by Gasteiger charge is 2.76. The number of halogens is 3. The monoisotopic (exact) mass is 749 g/mol. The Morgan fingerprint density at radius 1 is 1.02 bits per heavy atom. The molecule has 4 aliphatic rings. The quantitative estimate of drug-likeness (QED) is 0.110. The van der Waals surface area contributed by atoms with Crippen molar-refractivity contribution in [3.8, 4) is 5.75 Å². The summed E-state index contributed by atoms with van der Waals surface area (Å²) in [6, 6.07) is 6.72. The van der Waals surface area contributed by atoms with Gasteiger partial charge in [-0.05, 0) is 31.2 Å². The number of nitro groups is 2. The van der Waals surface area contributed by atoms with Crippen LogP contribution in [0.3, 0.4) is 0 Å². The van der Waals surface area contributed by atoms with Crippen molar-refractivity contribution >= 4 is 85.5 Å². The highest BCUT2D eigenvalue weighted by molar-refractivity contribution is 9.09. The number of rotatable bonds is 6.